The maximum Gasteiger partial charge on any atom is 0.416 e. The van der Waals surface area contributed by atoms with Gasteiger partial charge in [-0.25, -0.2) is 0 Å². The Balaban J connectivity index is 1.18. The van der Waals surface area contributed by atoms with E-state index in [1.165, 1.54) is 17.4 Å². The Hall–Kier alpha value is -2.28. The molecule has 2 aliphatic rings. The van der Waals surface area contributed by atoms with E-state index < -0.39 is 29.2 Å². The molecule has 0 unspecified atom stereocenters. The van der Waals surface area contributed by atoms with Crippen LogP contribution in [0, 0.1) is 3.95 Å². The van der Waals surface area contributed by atoms with Gasteiger partial charge in [-0.3, -0.25) is 14.5 Å². The summed E-state index contributed by atoms with van der Waals surface area (Å²) in [5, 5.41) is 16.1. The second-order valence-corrected chi connectivity index (χ2v) is 10.5. The molecule has 1 saturated carbocycles. The number of nitrogens with one attached hydrogen (secondary N) is 3. The molecule has 0 radical (unpaired) electrons. The summed E-state index contributed by atoms with van der Waals surface area (Å²) in [5.41, 5.74) is -1.91. The molecule has 2 amide bonds. The number of alkyl halides is 3. The molecule has 2 fully saturated rings. The minimum atomic E-state index is -4.54. The fraction of sp³-hybridized carbons (Fsp3) is 0.500. The summed E-state index contributed by atoms with van der Waals surface area (Å²) in [6.45, 7) is 1.05. The van der Waals surface area contributed by atoms with E-state index in [9.17, 15) is 27.9 Å². The Morgan fingerprint density at radius 2 is 1.97 bits per heavy atom. The van der Waals surface area contributed by atoms with Gasteiger partial charge in [-0.2, -0.15) is 13.2 Å². The molecule has 4 rings (SSSR count). The Kier molecular flexibility index (Phi) is 7.13. The van der Waals surface area contributed by atoms with Gasteiger partial charge in [0.2, 0.25) is 5.91 Å². The summed E-state index contributed by atoms with van der Waals surface area (Å²) in [6, 6.07) is 4.35. The molecule has 1 aliphatic carbocycles. The van der Waals surface area contributed by atoms with Crippen LogP contribution in [-0.2, 0) is 16.6 Å². The number of aliphatic hydroxyl groups is 1. The number of hydrogen-bond acceptors (Lipinski definition) is 6. The van der Waals surface area contributed by atoms with Gasteiger partial charge in [-0.15, -0.1) is 11.3 Å². The van der Waals surface area contributed by atoms with Crippen LogP contribution >= 0.6 is 23.6 Å². The smallest absolute Gasteiger partial charge is 0.384 e. The van der Waals surface area contributed by atoms with Gasteiger partial charge in [0, 0.05) is 30.9 Å². The number of thiazole rings is 1. The number of halogens is 3. The molecule has 1 aromatic carbocycles. The van der Waals surface area contributed by atoms with Crippen LogP contribution in [0.3, 0.4) is 0 Å². The average Bonchev–Trinajstić information content (AvgIpc) is 3.22. The van der Waals surface area contributed by atoms with Gasteiger partial charge in [-0.1, -0.05) is 6.07 Å². The van der Waals surface area contributed by atoms with Gasteiger partial charge < -0.3 is 20.7 Å². The zero-order valence-corrected chi connectivity index (χ0v) is 19.8. The maximum atomic E-state index is 12.8. The lowest BCUT2D eigenvalue weighted by Gasteiger charge is -2.48. The van der Waals surface area contributed by atoms with Gasteiger partial charge in [0.1, 0.15) is 5.60 Å². The lowest BCUT2D eigenvalue weighted by molar-refractivity contribution is -0.137. The topological polar surface area (TPSA) is 97.5 Å². The Labute approximate surface area is 203 Å². The molecule has 0 spiro atoms. The molecule has 1 saturated heterocycles. The van der Waals surface area contributed by atoms with Crippen LogP contribution < -0.4 is 10.6 Å². The van der Waals surface area contributed by atoms with Crippen molar-refractivity contribution in [3.05, 3.63) is 50.4 Å². The first-order valence-corrected chi connectivity index (χ1v) is 12.2. The van der Waals surface area contributed by atoms with Gasteiger partial charge in [0.05, 0.1) is 23.0 Å². The van der Waals surface area contributed by atoms with E-state index in [0.717, 1.165) is 35.9 Å². The van der Waals surface area contributed by atoms with Crippen LogP contribution in [0.4, 0.5) is 13.2 Å². The highest BCUT2D eigenvalue weighted by molar-refractivity contribution is 7.73. The van der Waals surface area contributed by atoms with Crippen LogP contribution in [0.1, 0.15) is 46.5 Å². The maximum absolute atomic E-state index is 12.8. The van der Waals surface area contributed by atoms with Crippen molar-refractivity contribution in [1.82, 2.24) is 20.5 Å². The Bertz CT molecular complexity index is 1100. The van der Waals surface area contributed by atoms with Crippen molar-refractivity contribution in [1.29, 1.82) is 0 Å². The van der Waals surface area contributed by atoms with Gasteiger partial charge in [-0.05, 0) is 56.1 Å². The lowest BCUT2D eigenvalue weighted by Crippen LogP contribution is -2.63. The van der Waals surface area contributed by atoms with E-state index in [2.05, 4.69) is 20.5 Å². The SMILES string of the molecule is O=C(CNC(=O)c1cccc(C(F)(F)F)c1)NC1CN(C2CCC(O)(c3c[nH]c(=S)s3)CC2)C1. The number of hydrogen-bond donors (Lipinski definition) is 4. The predicted octanol–water partition coefficient (Wildman–Crippen LogP) is 3.19. The van der Waals surface area contributed by atoms with E-state index >= 15 is 0 Å². The highest BCUT2D eigenvalue weighted by Crippen LogP contribution is 2.41. The molecule has 12 heteroatoms. The van der Waals surface area contributed by atoms with Crippen molar-refractivity contribution in [2.75, 3.05) is 19.6 Å². The number of likely N-dealkylation sites (tertiary alicyclic amines) is 1. The Morgan fingerprint density at radius 3 is 2.59 bits per heavy atom. The zero-order valence-electron chi connectivity index (χ0n) is 18.2. The number of aromatic nitrogens is 1. The standard InChI is InChI=1S/C22H25F3N4O3S2/c23-22(24,25)14-3-1-2-13(8-14)19(31)26-10-18(30)28-15-11-29(12-15)16-4-6-21(32,7-5-16)17-9-27-20(33)34-17/h1-3,8-9,15-16,32H,4-7,10-12H2,(H,26,31)(H,27,33)(H,28,30). The summed E-state index contributed by atoms with van der Waals surface area (Å²) in [7, 11) is 0. The van der Waals surface area contributed by atoms with Crippen molar-refractivity contribution < 1.29 is 27.9 Å². The predicted molar refractivity (Wildman–Crippen MR) is 123 cm³/mol. The minimum Gasteiger partial charge on any atom is -0.384 e. The monoisotopic (exact) mass is 514 g/mol. The number of rotatable bonds is 6. The van der Waals surface area contributed by atoms with Gasteiger partial charge >= 0.3 is 6.18 Å². The fourth-order valence-corrected chi connectivity index (χ4v) is 5.64. The van der Waals surface area contributed by atoms with E-state index in [1.54, 1.807) is 6.20 Å². The molecule has 184 valence electrons. The molecule has 7 nitrogen and oxygen atoms in total. The molecule has 2 heterocycles. The third-order valence-corrected chi connectivity index (χ3v) is 7.81. The van der Waals surface area contributed by atoms with E-state index in [4.69, 9.17) is 12.2 Å². The molecule has 2 aromatic rings. The first-order chi connectivity index (χ1) is 16.0. The van der Waals surface area contributed by atoms with Crippen molar-refractivity contribution in [3.8, 4) is 0 Å². The van der Waals surface area contributed by atoms with Crippen LogP contribution in [0.25, 0.3) is 0 Å². The third kappa shape index (κ3) is 5.68. The van der Waals surface area contributed by atoms with E-state index in [-0.39, 0.29) is 18.2 Å². The first kappa shape index (κ1) is 24.8. The van der Waals surface area contributed by atoms with Crippen LogP contribution in [-0.4, -0.2) is 58.5 Å². The second-order valence-electron chi connectivity index (χ2n) is 8.78. The molecule has 34 heavy (non-hydrogen) atoms. The summed E-state index contributed by atoms with van der Waals surface area (Å²) >= 11 is 6.52. The van der Waals surface area contributed by atoms with Crippen molar-refractivity contribution in [2.24, 2.45) is 0 Å². The number of carbonyl (C=O) groups is 2. The fourth-order valence-electron chi connectivity index (χ4n) is 4.48. The van der Waals surface area contributed by atoms with Crippen molar-refractivity contribution in [2.45, 2.75) is 49.5 Å². The number of aromatic amines is 1. The van der Waals surface area contributed by atoms with Crippen LogP contribution in [0.5, 0.6) is 0 Å². The van der Waals surface area contributed by atoms with Crippen molar-refractivity contribution in [3.63, 3.8) is 0 Å². The highest BCUT2D eigenvalue weighted by atomic mass is 32.1. The van der Waals surface area contributed by atoms with Gasteiger partial charge in [0.15, 0.2) is 3.95 Å². The number of H-pyrrole nitrogens is 1. The molecule has 0 atom stereocenters. The summed E-state index contributed by atoms with van der Waals surface area (Å²) in [4.78, 5) is 30.4. The minimum absolute atomic E-state index is 0.0477. The first-order valence-electron chi connectivity index (χ1n) is 10.9. The van der Waals surface area contributed by atoms with Crippen LogP contribution in [0.2, 0.25) is 0 Å². The Morgan fingerprint density at radius 1 is 1.26 bits per heavy atom. The number of carbonyl (C=O) groups excluding carboxylic acids is 2. The normalized spacial score (nSPS) is 23.8. The zero-order chi connectivity index (χ0) is 24.5. The van der Waals surface area contributed by atoms with E-state index in [0.29, 0.717) is 35.9 Å². The lowest BCUT2D eigenvalue weighted by atomic mass is 9.80. The molecule has 4 N–H and O–H groups in total. The van der Waals surface area contributed by atoms with Gasteiger partial charge in [0.25, 0.3) is 5.91 Å². The third-order valence-electron chi connectivity index (χ3n) is 6.42. The van der Waals surface area contributed by atoms with E-state index in [1.807, 2.05) is 0 Å². The molecule has 1 aromatic heterocycles. The molecular formula is C22H25F3N4O3S2. The second kappa shape index (κ2) is 9.76. The molecule has 0 bridgehead atoms. The number of benzene rings is 1. The van der Waals surface area contributed by atoms with Crippen molar-refractivity contribution >= 4 is 35.4 Å². The highest BCUT2D eigenvalue weighted by Gasteiger charge is 2.41. The number of nitrogens with zero attached hydrogens (tertiary/aromatic N) is 1. The average molecular weight is 515 g/mol. The largest absolute Gasteiger partial charge is 0.416 e. The summed E-state index contributed by atoms with van der Waals surface area (Å²) in [5.74, 6) is -1.13. The number of amides is 2. The summed E-state index contributed by atoms with van der Waals surface area (Å²) < 4.78 is 39.1. The van der Waals surface area contributed by atoms with Crippen LogP contribution in [0.15, 0.2) is 30.5 Å². The molecule has 1 aliphatic heterocycles. The quantitative estimate of drug-likeness (QED) is 0.444. The summed E-state index contributed by atoms with van der Waals surface area (Å²) in [6.07, 6.45) is 0.224. The molecular weight excluding hydrogens is 489 g/mol.